The Kier molecular flexibility index (Phi) is 69.9. The quantitative estimate of drug-likeness (QED) is 0.0169. The van der Waals surface area contributed by atoms with Gasteiger partial charge in [0.15, 0.2) is 12.2 Å². The number of aliphatic hydroxyl groups is 1. The molecule has 5 unspecified atom stereocenters. The molecule has 0 saturated heterocycles. The first-order valence-electron chi connectivity index (χ1n) is 39.1. The van der Waals surface area contributed by atoms with Crippen molar-refractivity contribution in [3.63, 3.8) is 0 Å². The molecule has 0 aliphatic heterocycles. The van der Waals surface area contributed by atoms with Gasteiger partial charge in [-0.3, -0.25) is 37.3 Å². The second-order valence-corrected chi connectivity index (χ2v) is 28.8. The number of phosphoric ester groups is 2. The zero-order valence-electron chi connectivity index (χ0n) is 62.8. The van der Waals surface area contributed by atoms with Gasteiger partial charge in [-0.15, -0.1) is 0 Å². The lowest BCUT2D eigenvalue weighted by Gasteiger charge is -2.21. The van der Waals surface area contributed by atoms with Gasteiger partial charge in [0.05, 0.1) is 26.4 Å². The molecule has 0 fully saturated rings. The summed E-state index contributed by atoms with van der Waals surface area (Å²) in [6.45, 7) is 4.57. The van der Waals surface area contributed by atoms with Crippen LogP contribution < -0.4 is 0 Å². The van der Waals surface area contributed by atoms with E-state index in [-0.39, 0.29) is 25.7 Å². The molecule has 0 aliphatic rings. The first-order chi connectivity index (χ1) is 48.7. The highest BCUT2D eigenvalue weighted by Crippen LogP contribution is 2.45. The van der Waals surface area contributed by atoms with E-state index in [1.807, 2.05) is 18.2 Å². The number of hydrogen-bond donors (Lipinski definition) is 3. The first-order valence-corrected chi connectivity index (χ1v) is 42.1. The zero-order chi connectivity index (χ0) is 73.2. The molecule has 0 bridgehead atoms. The largest absolute Gasteiger partial charge is 0.472 e. The molecule has 0 amide bonds. The predicted octanol–water partition coefficient (Wildman–Crippen LogP) is 22.6. The van der Waals surface area contributed by atoms with Gasteiger partial charge in [0.2, 0.25) is 0 Å². The number of aliphatic hydroxyl groups excluding tert-OH is 1. The molecule has 0 heterocycles. The number of unbranched alkanes of at least 4 members (excludes halogenated alkanes) is 29. The number of ether oxygens (including phenoxy) is 4. The van der Waals surface area contributed by atoms with Crippen LogP contribution >= 0.6 is 15.6 Å². The van der Waals surface area contributed by atoms with Crippen LogP contribution in [0.3, 0.4) is 0 Å². The molecule has 0 radical (unpaired) electrons. The highest BCUT2D eigenvalue weighted by Gasteiger charge is 2.30. The Labute approximate surface area is 607 Å². The number of allylic oxidation sites excluding steroid dienone is 18. The third kappa shape index (κ3) is 72.1. The molecule has 0 spiro atoms. The summed E-state index contributed by atoms with van der Waals surface area (Å²) in [5.74, 6) is -2.27. The summed E-state index contributed by atoms with van der Waals surface area (Å²) < 4.78 is 68.4. The fraction of sp³-hybridized carbons (Fsp3) is 0.728. The summed E-state index contributed by atoms with van der Waals surface area (Å²) in [6, 6.07) is 0. The number of hydrogen-bond acceptors (Lipinski definition) is 15. The third-order valence-electron chi connectivity index (χ3n) is 16.3. The SMILES string of the molecule is CC/C=C\C/C=C\C/C=C\C/C=C\C/C=C\C/C=C\CCC(=O)OCC(COP(=O)(O)OCC(O)COP(=O)(O)OCC(COC(=O)CCCCCCC/C=C\C/C=C\C/C=C\CC)OC(=O)CCCCCCCCCCCCCCC)OC(=O)CCCCCCCCCCCCCCC. The maximum Gasteiger partial charge on any atom is 0.472 e. The second kappa shape index (κ2) is 73.0. The molecular weight excluding hydrogens is 1310 g/mol. The van der Waals surface area contributed by atoms with Crippen molar-refractivity contribution >= 4 is 39.5 Å². The monoisotopic (exact) mass is 1450 g/mol. The molecule has 576 valence electrons. The van der Waals surface area contributed by atoms with Crippen LogP contribution in [0.1, 0.15) is 323 Å². The van der Waals surface area contributed by atoms with Crippen LogP contribution in [-0.2, 0) is 65.4 Å². The molecule has 0 aromatic carbocycles. The lowest BCUT2D eigenvalue weighted by atomic mass is 10.0. The van der Waals surface area contributed by atoms with E-state index in [1.165, 1.54) is 103 Å². The van der Waals surface area contributed by atoms with Gasteiger partial charge in [-0.1, -0.05) is 310 Å². The second-order valence-electron chi connectivity index (χ2n) is 25.9. The summed E-state index contributed by atoms with van der Waals surface area (Å²) in [4.78, 5) is 72.9. The fourth-order valence-electron chi connectivity index (χ4n) is 10.4. The van der Waals surface area contributed by atoms with Crippen molar-refractivity contribution in [3.8, 4) is 0 Å². The van der Waals surface area contributed by atoms with E-state index >= 15 is 0 Å². The first kappa shape index (κ1) is 95.7. The molecule has 100 heavy (non-hydrogen) atoms. The van der Waals surface area contributed by atoms with E-state index in [0.29, 0.717) is 32.1 Å². The molecule has 0 aromatic heterocycles. The van der Waals surface area contributed by atoms with Gasteiger partial charge in [-0.2, -0.15) is 0 Å². The van der Waals surface area contributed by atoms with Gasteiger partial charge >= 0.3 is 39.5 Å². The number of carbonyl (C=O) groups is 4. The lowest BCUT2D eigenvalue weighted by Crippen LogP contribution is -2.30. The summed E-state index contributed by atoms with van der Waals surface area (Å²) >= 11 is 0. The van der Waals surface area contributed by atoms with Crippen LogP contribution in [0.25, 0.3) is 0 Å². The maximum atomic E-state index is 13.1. The highest BCUT2D eigenvalue weighted by molar-refractivity contribution is 7.47. The van der Waals surface area contributed by atoms with Crippen molar-refractivity contribution in [1.82, 2.24) is 0 Å². The van der Waals surface area contributed by atoms with Crippen molar-refractivity contribution in [2.75, 3.05) is 39.6 Å². The third-order valence-corrected chi connectivity index (χ3v) is 18.2. The Balaban J connectivity index is 5.39. The van der Waals surface area contributed by atoms with E-state index in [1.54, 1.807) is 0 Å². The van der Waals surface area contributed by atoms with Gasteiger partial charge in [0.25, 0.3) is 0 Å². The van der Waals surface area contributed by atoms with Gasteiger partial charge in [0.1, 0.15) is 19.3 Å². The van der Waals surface area contributed by atoms with E-state index in [9.17, 15) is 43.2 Å². The van der Waals surface area contributed by atoms with Gasteiger partial charge in [-0.05, 0) is 96.3 Å². The Morgan fingerprint density at radius 1 is 0.290 bits per heavy atom. The summed E-state index contributed by atoms with van der Waals surface area (Å²) in [5.41, 5.74) is 0. The van der Waals surface area contributed by atoms with Crippen LogP contribution in [0.4, 0.5) is 0 Å². The van der Waals surface area contributed by atoms with E-state index in [0.717, 1.165) is 135 Å². The molecule has 0 rings (SSSR count). The fourth-order valence-corrected chi connectivity index (χ4v) is 12.0. The Bertz CT molecular complexity index is 2320. The minimum Gasteiger partial charge on any atom is -0.462 e. The van der Waals surface area contributed by atoms with Crippen molar-refractivity contribution in [2.45, 2.75) is 341 Å². The van der Waals surface area contributed by atoms with Gasteiger partial charge < -0.3 is 33.8 Å². The number of carbonyl (C=O) groups excluding carboxylic acids is 4. The van der Waals surface area contributed by atoms with Gasteiger partial charge in [-0.25, -0.2) is 9.13 Å². The highest BCUT2D eigenvalue weighted by atomic mass is 31.2. The summed E-state index contributed by atoms with van der Waals surface area (Å²) in [6.07, 6.45) is 78.0. The standard InChI is InChI=1S/C81H140O17P2/c1-5-9-13-17-21-25-29-33-35-36-37-38-40-44-46-50-54-58-62-66-79(84)92-72-77(98-81(86)68-64-60-56-52-48-42-32-28-24-20-16-12-8-4)74-96-100(89,90)94-70-75(82)69-93-99(87,88)95-73-76(97-80(85)67-63-59-55-51-47-41-31-27-23-19-15-11-7-3)71-91-78(83)65-61-57-53-49-45-43-39-34-30-26-22-18-14-10-6-2/h9-10,13-14,21-22,25-26,33-35,37-39,44,46,54,58,75-77,82H,5-8,11-12,15-20,23-24,27-32,36,40-43,45,47-53,55-57,59-74H2,1-4H3,(H,87,88)(H,89,90)/b13-9-,14-10-,25-21-,26-22-,35-33-,38-37-,39-34-,46-44-,58-54-. The number of phosphoric acid groups is 2. The minimum absolute atomic E-state index is 0.0373. The predicted molar refractivity (Wildman–Crippen MR) is 408 cm³/mol. The Morgan fingerprint density at radius 3 is 0.860 bits per heavy atom. The summed E-state index contributed by atoms with van der Waals surface area (Å²) in [5, 5.41) is 10.6. The van der Waals surface area contributed by atoms with E-state index < -0.39 is 97.5 Å². The number of esters is 4. The average molecular weight is 1450 g/mol. The smallest absolute Gasteiger partial charge is 0.462 e. The normalized spacial score (nSPS) is 14.5. The Morgan fingerprint density at radius 2 is 0.540 bits per heavy atom. The molecule has 0 aliphatic carbocycles. The molecular formula is C81H140O17P2. The average Bonchev–Trinajstić information content (AvgIpc) is 0.935. The molecule has 17 nitrogen and oxygen atoms in total. The van der Waals surface area contributed by atoms with Crippen LogP contribution in [0.2, 0.25) is 0 Å². The van der Waals surface area contributed by atoms with E-state index in [2.05, 4.69) is 119 Å². The van der Waals surface area contributed by atoms with Crippen molar-refractivity contribution in [3.05, 3.63) is 109 Å². The molecule has 0 saturated carbocycles. The van der Waals surface area contributed by atoms with Crippen molar-refractivity contribution in [2.24, 2.45) is 0 Å². The van der Waals surface area contributed by atoms with Crippen molar-refractivity contribution < 1.29 is 80.2 Å². The maximum absolute atomic E-state index is 13.1. The summed E-state index contributed by atoms with van der Waals surface area (Å²) in [7, 11) is -9.97. The Hall–Kier alpha value is -4.28. The molecule has 5 atom stereocenters. The molecule has 0 aromatic rings. The molecule has 19 heteroatoms. The minimum atomic E-state index is -4.99. The van der Waals surface area contributed by atoms with Crippen LogP contribution in [0.5, 0.6) is 0 Å². The van der Waals surface area contributed by atoms with Gasteiger partial charge in [0, 0.05) is 25.7 Å². The van der Waals surface area contributed by atoms with Crippen LogP contribution in [-0.4, -0.2) is 96.7 Å². The van der Waals surface area contributed by atoms with Crippen molar-refractivity contribution in [1.29, 1.82) is 0 Å². The lowest BCUT2D eigenvalue weighted by molar-refractivity contribution is -0.161. The zero-order valence-corrected chi connectivity index (χ0v) is 64.6. The number of rotatable bonds is 73. The van der Waals surface area contributed by atoms with Crippen LogP contribution in [0.15, 0.2) is 109 Å². The topological polar surface area (TPSA) is 237 Å². The van der Waals surface area contributed by atoms with Crippen LogP contribution in [0, 0.1) is 0 Å². The molecule has 3 N–H and O–H groups in total. The van der Waals surface area contributed by atoms with E-state index in [4.69, 9.17) is 37.0 Å².